The lowest BCUT2D eigenvalue weighted by Gasteiger charge is -2.04. The minimum atomic E-state index is -0.391. The largest absolute Gasteiger partial charge is 0.462 e. The summed E-state index contributed by atoms with van der Waals surface area (Å²) in [6, 6.07) is 0. The molecule has 0 saturated carbocycles. The fraction of sp³-hybridized carbons (Fsp3) is 0.500. The van der Waals surface area contributed by atoms with Crippen LogP contribution < -0.4 is 0 Å². The fourth-order valence-corrected chi connectivity index (χ4v) is 0.804. The van der Waals surface area contributed by atoms with Crippen molar-refractivity contribution >= 4 is 11.9 Å². The number of hydrogen-bond acceptors (Lipinski definition) is 4. The van der Waals surface area contributed by atoms with E-state index >= 15 is 0 Å². The second kappa shape index (κ2) is 9.61. The van der Waals surface area contributed by atoms with E-state index in [2.05, 4.69) is 11.8 Å². The van der Waals surface area contributed by atoms with Crippen LogP contribution in [-0.4, -0.2) is 25.2 Å². The third-order valence-electron chi connectivity index (χ3n) is 1.56. The Balaban J connectivity index is 3.40. The van der Waals surface area contributed by atoms with Gasteiger partial charge in [0.2, 0.25) is 0 Å². The predicted molar refractivity (Wildman–Crippen MR) is 58.1 cm³/mol. The SMILES string of the molecule is C#CCCC(=O)OCCOC(=O)CCC#C. The lowest BCUT2D eigenvalue weighted by molar-refractivity contribution is -0.152. The monoisotopic (exact) mass is 222 g/mol. The molecular weight excluding hydrogens is 208 g/mol. The molecule has 4 heteroatoms. The number of hydrogen-bond donors (Lipinski definition) is 0. The maximum atomic E-state index is 10.9. The molecule has 0 aromatic rings. The molecule has 0 aromatic carbocycles. The lowest BCUT2D eigenvalue weighted by Crippen LogP contribution is -2.13. The minimum absolute atomic E-state index is 0.0468. The van der Waals surface area contributed by atoms with Crippen molar-refractivity contribution in [3.8, 4) is 24.7 Å². The van der Waals surface area contributed by atoms with Crippen molar-refractivity contribution in [3.63, 3.8) is 0 Å². The first kappa shape index (κ1) is 14.1. The highest BCUT2D eigenvalue weighted by Gasteiger charge is 2.03. The van der Waals surface area contributed by atoms with Crippen LogP contribution in [-0.2, 0) is 19.1 Å². The van der Waals surface area contributed by atoms with Crippen LogP contribution in [0.25, 0.3) is 0 Å². The average Bonchev–Trinajstić information content (AvgIpc) is 2.29. The van der Waals surface area contributed by atoms with Crippen LogP contribution in [0.3, 0.4) is 0 Å². The first-order chi connectivity index (χ1) is 7.70. The Labute approximate surface area is 95.3 Å². The van der Waals surface area contributed by atoms with Crippen LogP contribution in [0.15, 0.2) is 0 Å². The molecule has 86 valence electrons. The highest BCUT2D eigenvalue weighted by atomic mass is 16.6. The highest BCUT2D eigenvalue weighted by molar-refractivity contribution is 5.70. The molecule has 0 saturated heterocycles. The summed E-state index contributed by atoms with van der Waals surface area (Å²) in [6.07, 6.45) is 11.0. The Morgan fingerprint density at radius 2 is 1.25 bits per heavy atom. The standard InChI is InChI=1S/C12H14O4/c1-3-5-7-11(13)15-9-10-16-12(14)8-6-4-2/h1-2H,5-10H2. The molecule has 0 aromatic heterocycles. The third kappa shape index (κ3) is 8.65. The molecule has 0 bridgehead atoms. The second-order valence-electron chi connectivity index (χ2n) is 2.85. The van der Waals surface area contributed by atoms with Crippen molar-refractivity contribution in [2.24, 2.45) is 0 Å². The van der Waals surface area contributed by atoms with Gasteiger partial charge in [-0.3, -0.25) is 9.59 Å². The number of terminal acetylenes is 2. The zero-order valence-electron chi connectivity index (χ0n) is 9.03. The lowest BCUT2D eigenvalue weighted by atomic mass is 10.3. The average molecular weight is 222 g/mol. The highest BCUT2D eigenvalue weighted by Crippen LogP contribution is 1.93. The quantitative estimate of drug-likeness (QED) is 0.365. The molecule has 0 spiro atoms. The number of ether oxygens (including phenoxy) is 2. The molecule has 0 aliphatic carbocycles. The number of rotatable bonds is 7. The molecule has 0 aliphatic heterocycles. The van der Waals surface area contributed by atoms with Crippen LogP contribution in [0.4, 0.5) is 0 Å². The normalized spacial score (nSPS) is 8.62. The molecule has 0 fully saturated rings. The summed E-state index contributed by atoms with van der Waals surface area (Å²) in [4.78, 5) is 21.9. The summed E-state index contributed by atoms with van der Waals surface area (Å²) in [5.74, 6) is 3.87. The molecule has 0 amide bonds. The van der Waals surface area contributed by atoms with Crippen LogP contribution in [0.1, 0.15) is 25.7 Å². The molecule has 4 nitrogen and oxygen atoms in total. The Morgan fingerprint density at radius 3 is 1.56 bits per heavy atom. The molecule has 0 unspecified atom stereocenters. The first-order valence-corrected chi connectivity index (χ1v) is 4.89. The van der Waals surface area contributed by atoms with Crippen molar-refractivity contribution in [3.05, 3.63) is 0 Å². The summed E-state index contributed by atoms with van der Waals surface area (Å²) < 4.78 is 9.49. The van der Waals surface area contributed by atoms with Crippen molar-refractivity contribution in [1.29, 1.82) is 0 Å². The molecule has 0 rings (SSSR count). The number of carbonyl (C=O) groups is 2. The maximum Gasteiger partial charge on any atom is 0.306 e. The van der Waals surface area contributed by atoms with Crippen molar-refractivity contribution < 1.29 is 19.1 Å². The van der Waals surface area contributed by atoms with Gasteiger partial charge in [-0.2, -0.15) is 0 Å². The van der Waals surface area contributed by atoms with Crippen molar-refractivity contribution in [1.82, 2.24) is 0 Å². The Kier molecular flexibility index (Phi) is 8.44. The summed E-state index contributed by atoms with van der Waals surface area (Å²) in [7, 11) is 0. The van der Waals surface area contributed by atoms with E-state index in [4.69, 9.17) is 22.3 Å². The van der Waals surface area contributed by atoms with E-state index in [0.29, 0.717) is 12.8 Å². The zero-order chi connectivity index (χ0) is 12.2. The fourth-order valence-electron chi connectivity index (χ4n) is 0.804. The Morgan fingerprint density at radius 1 is 0.875 bits per heavy atom. The topological polar surface area (TPSA) is 52.6 Å². The van der Waals surface area contributed by atoms with E-state index < -0.39 is 11.9 Å². The predicted octanol–water partition coefficient (Wildman–Crippen LogP) is 0.900. The van der Waals surface area contributed by atoms with Crippen LogP contribution >= 0.6 is 0 Å². The van der Waals surface area contributed by atoms with Gasteiger partial charge in [-0.15, -0.1) is 24.7 Å². The van der Waals surface area contributed by atoms with Gasteiger partial charge in [0.25, 0.3) is 0 Å². The third-order valence-corrected chi connectivity index (χ3v) is 1.56. The Bertz CT molecular complexity index is 274. The van der Waals surface area contributed by atoms with Gasteiger partial charge in [0.05, 0.1) is 12.8 Å². The molecule has 0 N–H and O–H groups in total. The second-order valence-corrected chi connectivity index (χ2v) is 2.85. The van der Waals surface area contributed by atoms with Gasteiger partial charge in [-0.25, -0.2) is 0 Å². The molecule has 0 aliphatic rings. The van der Waals surface area contributed by atoms with Gasteiger partial charge in [0.1, 0.15) is 13.2 Å². The number of carbonyl (C=O) groups excluding carboxylic acids is 2. The van der Waals surface area contributed by atoms with Gasteiger partial charge in [-0.1, -0.05) is 0 Å². The molecular formula is C12H14O4. The van der Waals surface area contributed by atoms with E-state index in [9.17, 15) is 9.59 Å². The molecule has 0 heterocycles. The van der Waals surface area contributed by atoms with E-state index in [1.807, 2.05) is 0 Å². The summed E-state index contributed by atoms with van der Waals surface area (Å²) in [5, 5.41) is 0. The van der Waals surface area contributed by atoms with Crippen molar-refractivity contribution in [2.45, 2.75) is 25.7 Å². The van der Waals surface area contributed by atoms with Crippen LogP contribution in [0.2, 0.25) is 0 Å². The van der Waals surface area contributed by atoms with Gasteiger partial charge in [-0.05, 0) is 0 Å². The molecule has 16 heavy (non-hydrogen) atoms. The van der Waals surface area contributed by atoms with Crippen LogP contribution in [0.5, 0.6) is 0 Å². The summed E-state index contributed by atoms with van der Waals surface area (Å²) in [6.45, 7) is 0.0936. The Hall–Kier alpha value is -1.94. The molecule has 0 radical (unpaired) electrons. The van der Waals surface area contributed by atoms with Gasteiger partial charge in [0.15, 0.2) is 0 Å². The van der Waals surface area contributed by atoms with Gasteiger partial charge in [0, 0.05) is 12.8 Å². The van der Waals surface area contributed by atoms with E-state index in [1.165, 1.54) is 0 Å². The smallest absolute Gasteiger partial charge is 0.306 e. The van der Waals surface area contributed by atoms with Gasteiger partial charge < -0.3 is 9.47 Å². The minimum Gasteiger partial charge on any atom is -0.462 e. The van der Waals surface area contributed by atoms with Crippen LogP contribution in [0, 0.1) is 24.7 Å². The first-order valence-electron chi connectivity index (χ1n) is 4.89. The summed E-state index contributed by atoms with van der Waals surface area (Å²) >= 11 is 0. The zero-order valence-corrected chi connectivity index (χ0v) is 9.03. The van der Waals surface area contributed by atoms with E-state index in [-0.39, 0.29) is 26.1 Å². The van der Waals surface area contributed by atoms with E-state index in [1.54, 1.807) is 0 Å². The van der Waals surface area contributed by atoms with E-state index in [0.717, 1.165) is 0 Å². The van der Waals surface area contributed by atoms with Gasteiger partial charge >= 0.3 is 11.9 Å². The number of esters is 2. The van der Waals surface area contributed by atoms with Crippen molar-refractivity contribution in [2.75, 3.05) is 13.2 Å². The molecule has 0 atom stereocenters. The maximum absolute atomic E-state index is 10.9. The summed E-state index contributed by atoms with van der Waals surface area (Å²) in [5.41, 5.74) is 0.